The summed E-state index contributed by atoms with van der Waals surface area (Å²) in [6, 6.07) is 62.0. The van der Waals surface area contributed by atoms with E-state index in [1.54, 1.807) is 14.2 Å². The van der Waals surface area contributed by atoms with E-state index in [1.165, 1.54) is 0 Å². The van der Waals surface area contributed by atoms with Crippen molar-refractivity contribution in [1.29, 1.82) is 0 Å². The monoisotopic (exact) mass is 684 g/mol. The molecule has 0 aliphatic carbocycles. The fraction of sp³-hybridized carbons (Fsp3) is 0.100. The Balaban J connectivity index is 0.000000181. The Morgan fingerprint density at radius 2 is 0.478 bits per heavy atom. The SMILES string of the molecule is COCP(Cl)(c1ccccc1)(c1ccccc1)c1ccccc1.COCP(Cl)(c1ccccc1)(c1ccccc1)c1ccccc1. The summed E-state index contributed by atoms with van der Waals surface area (Å²) in [5.41, 5.74) is 0. The second-order valence-electron chi connectivity index (χ2n) is 11.2. The molecule has 6 aromatic rings. The zero-order chi connectivity index (χ0) is 32.4. The van der Waals surface area contributed by atoms with Crippen molar-refractivity contribution in [3.8, 4) is 0 Å². The molecule has 0 aromatic heterocycles. The van der Waals surface area contributed by atoms with Gasteiger partial charge in [-0.3, -0.25) is 0 Å². The van der Waals surface area contributed by atoms with Crippen molar-refractivity contribution in [3.63, 3.8) is 0 Å². The van der Waals surface area contributed by atoms with Crippen LogP contribution in [-0.4, -0.2) is 26.9 Å². The van der Waals surface area contributed by atoms with E-state index in [0.29, 0.717) is 12.7 Å². The van der Waals surface area contributed by atoms with E-state index >= 15 is 0 Å². The summed E-state index contributed by atoms with van der Waals surface area (Å²) >= 11 is 15.4. The molecule has 0 heterocycles. The van der Waals surface area contributed by atoms with Crippen LogP contribution in [0.2, 0.25) is 0 Å². The van der Waals surface area contributed by atoms with E-state index in [9.17, 15) is 0 Å². The van der Waals surface area contributed by atoms with Crippen LogP contribution in [0.5, 0.6) is 0 Å². The summed E-state index contributed by atoms with van der Waals surface area (Å²) in [7, 11) is 3.44. The van der Waals surface area contributed by atoms with Crippen molar-refractivity contribution in [2.75, 3.05) is 26.9 Å². The molecular weight excluding hydrogens is 645 g/mol. The minimum absolute atomic E-state index is 0.463. The molecule has 0 atom stereocenters. The molecule has 46 heavy (non-hydrogen) atoms. The van der Waals surface area contributed by atoms with Crippen molar-refractivity contribution in [2.45, 2.75) is 0 Å². The van der Waals surface area contributed by atoms with Crippen LogP contribution < -0.4 is 31.8 Å². The molecule has 0 N–H and O–H groups in total. The fourth-order valence-corrected chi connectivity index (χ4v) is 17.3. The molecule has 0 unspecified atom stereocenters. The van der Waals surface area contributed by atoms with Crippen molar-refractivity contribution >= 4 is 66.2 Å². The second kappa shape index (κ2) is 14.6. The van der Waals surface area contributed by atoms with E-state index < -0.39 is 11.9 Å². The second-order valence-corrected chi connectivity index (χ2v) is 24.0. The molecule has 0 aliphatic rings. The van der Waals surface area contributed by atoms with Gasteiger partial charge in [0.25, 0.3) is 0 Å². The Morgan fingerprint density at radius 3 is 0.609 bits per heavy atom. The van der Waals surface area contributed by atoms with E-state index in [-0.39, 0.29) is 0 Å². The summed E-state index contributed by atoms with van der Waals surface area (Å²) in [6.45, 7) is 0. The molecule has 236 valence electrons. The predicted octanol–water partition coefficient (Wildman–Crippen LogP) is 8.55. The van der Waals surface area contributed by atoms with Crippen LogP contribution in [0.15, 0.2) is 182 Å². The van der Waals surface area contributed by atoms with E-state index in [2.05, 4.69) is 72.8 Å². The van der Waals surface area contributed by atoms with Gasteiger partial charge in [-0.2, -0.15) is 0 Å². The van der Waals surface area contributed by atoms with Crippen LogP contribution in [0.4, 0.5) is 0 Å². The van der Waals surface area contributed by atoms with Crippen LogP contribution in [0.3, 0.4) is 0 Å². The molecule has 6 rings (SSSR count). The summed E-state index contributed by atoms with van der Waals surface area (Å²) in [5.74, 6) is -6.36. The Morgan fingerprint density at radius 1 is 0.326 bits per heavy atom. The number of benzene rings is 6. The van der Waals surface area contributed by atoms with Crippen LogP contribution in [0, 0.1) is 0 Å². The van der Waals surface area contributed by atoms with Gasteiger partial charge in [-0.1, -0.05) is 0 Å². The van der Waals surface area contributed by atoms with Crippen molar-refractivity contribution in [2.24, 2.45) is 0 Å². The topological polar surface area (TPSA) is 18.5 Å². The number of methoxy groups -OCH3 is 2. The first-order valence-corrected chi connectivity index (χ1v) is 21.8. The van der Waals surface area contributed by atoms with Gasteiger partial charge in [0.05, 0.1) is 0 Å². The first-order valence-electron chi connectivity index (χ1n) is 15.2. The van der Waals surface area contributed by atoms with Gasteiger partial charge in [0.2, 0.25) is 0 Å². The molecule has 6 heteroatoms. The Labute approximate surface area is 283 Å². The van der Waals surface area contributed by atoms with Gasteiger partial charge in [0, 0.05) is 0 Å². The standard InChI is InChI=1S/2C20H20ClOP/c2*1-22-17-23(21,18-11-5-2-6-12-18,19-13-7-3-8-14-19)20-15-9-4-10-16-20/h2*2-16H,17H2,1H3. The van der Waals surface area contributed by atoms with Crippen LogP contribution in [-0.2, 0) is 9.47 Å². The summed E-state index contributed by atoms with van der Waals surface area (Å²) in [4.78, 5) is 0. The third-order valence-corrected chi connectivity index (χ3v) is 22.3. The third kappa shape index (κ3) is 6.08. The van der Waals surface area contributed by atoms with Gasteiger partial charge < -0.3 is 0 Å². The van der Waals surface area contributed by atoms with Gasteiger partial charge in [-0.05, 0) is 0 Å². The molecule has 6 aromatic carbocycles. The summed E-state index contributed by atoms with van der Waals surface area (Å²) in [5, 5.41) is 6.75. The Bertz CT molecular complexity index is 1460. The van der Waals surface area contributed by atoms with Crippen molar-refractivity contribution < 1.29 is 9.47 Å². The summed E-state index contributed by atoms with van der Waals surface area (Å²) < 4.78 is 11.4. The average Bonchev–Trinajstić information content (AvgIpc) is 3.14. The summed E-state index contributed by atoms with van der Waals surface area (Å²) in [6.07, 6.45) is 0.927. The van der Waals surface area contributed by atoms with Crippen LogP contribution in [0.1, 0.15) is 0 Å². The van der Waals surface area contributed by atoms with Crippen molar-refractivity contribution in [1.82, 2.24) is 0 Å². The number of rotatable bonds is 10. The van der Waals surface area contributed by atoms with E-state index in [4.69, 9.17) is 32.0 Å². The van der Waals surface area contributed by atoms with Gasteiger partial charge in [0.15, 0.2) is 0 Å². The van der Waals surface area contributed by atoms with Crippen molar-refractivity contribution in [3.05, 3.63) is 182 Å². The predicted molar refractivity (Wildman–Crippen MR) is 206 cm³/mol. The molecule has 2 nitrogen and oxygen atoms in total. The molecule has 0 saturated carbocycles. The molecule has 0 spiro atoms. The number of hydrogen-bond donors (Lipinski definition) is 0. The third-order valence-electron chi connectivity index (χ3n) is 8.51. The van der Waals surface area contributed by atoms with Crippen LogP contribution >= 0.6 is 34.4 Å². The fourth-order valence-electron chi connectivity index (χ4n) is 6.26. The van der Waals surface area contributed by atoms with E-state index in [0.717, 1.165) is 31.8 Å². The van der Waals surface area contributed by atoms with E-state index in [1.807, 2.05) is 109 Å². The maximum atomic E-state index is 7.68. The Kier molecular flexibility index (Phi) is 10.8. The zero-order valence-corrected chi connectivity index (χ0v) is 29.5. The first kappa shape index (κ1) is 34.0. The molecule has 0 bridgehead atoms. The van der Waals surface area contributed by atoms with Gasteiger partial charge in [-0.25, -0.2) is 0 Å². The number of ether oxygens (including phenoxy) is 2. The molecular formula is C40H40Cl2O2P2. The quantitative estimate of drug-likeness (QED) is 0.135. The normalized spacial score (nSPS) is 13.2. The van der Waals surface area contributed by atoms with Gasteiger partial charge >= 0.3 is 285 Å². The molecule has 0 fully saturated rings. The first-order chi connectivity index (χ1) is 22.4. The maximum absolute atomic E-state index is 7.68. The minimum atomic E-state index is -3.18. The molecule has 0 amide bonds. The Hall–Kier alpha value is -3.32. The number of halogens is 2. The molecule has 0 saturated heterocycles. The zero-order valence-electron chi connectivity index (χ0n) is 26.2. The van der Waals surface area contributed by atoms with Crippen LogP contribution in [0.25, 0.3) is 0 Å². The molecule has 0 aliphatic heterocycles. The molecule has 0 radical (unpaired) electrons. The number of hydrogen-bond acceptors (Lipinski definition) is 2. The van der Waals surface area contributed by atoms with Gasteiger partial charge in [0.1, 0.15) is 0 Å². The average molecular weight is 686 g/mol. The van der Waals surface area contributed by atoms with Gasteiger partial charge in [-0.15, -0.1) is 0 Å².